The summed E-state index contributed by atoms with van der Waals surface area (Å²) < 4.78 is 0. The maximum absolute atomic E-state index is 11.1. The first kappa shape index (κ1) is 6.33. The van der Waals surface area contributed by atoms with Crippen molar-refractivity contribution in [3.8, 4) is 0 Å². The fraction of sp³-hybridized carbons (Fsp3) is 0.500. The van der Waals surface area contributed by atoms with E-state index < -0.39 is 0 Å². The van der Waals surface area contributed by atoms with E-state index >= 15 is 0 Å². The van der Waals surface area contributed by atoms with Crippen LogP contribution in [-0.4, -0.2) is 30.3 Å². The summed E-state index contributed by atoms with van der Waals surface area (Å²) in [6.07, 6.45) is 1.15. The Bertz CT molecular complexity index is 257. The van der Waals surface area contributed by atoms with Gasteiger partial charge in [-0.15, -0.1) is 0 Å². The number of carbonyl (C=O) groups excluding carboxylic acids is 1. The van der Waals surface area contributed by atoms with Crippen molar-refractivity contribution in [2.75, 3.05) is 0 Å². The van der Waals surface area contributed by atoms with Gasteiger partial charge in [-0.3, -0.25) is 4.79 Å². The van der Waals surface area contributed by atoms with Gasteiger partial charge in [0.15, 0.2) is 6.17 Å². The Labute approximate surface area is 63.6 Å². The van der Waals surface area contributed by atoms with E-state index in [4.69, 9.17) is 0 Å². The molecule has 11 heavy (non-hydrogen) atoms. The molecule has 2 rings (SSSR count). The molecule has 0 fully saturated rings. The first-order valence-electron chi connectivity index (χ1n) is 3.40. The average molecular weight is 152 g/mol. The van der Waals surface area contributed by atoms with Crippen molar-refractivity contribution < 1.29 is 4.79 Å². The zero-order chi connectivity index (χ0) is 7.84. The summed E-state index contributed by atoms with van der Waals surface area (Å²) in [6, 6.07) is -0.292. The molecule has 0 saturated carbocycles. The molecule has 0 aromatic carbocycles. The van der Waals surface area contributed by atoms with Gasteiger partial charge in [0.05, 0.1) is 12.2 Å². The summed E-state index contributed by atoms with van der Waals surface area (Å²) in [5.74, 6) is 0.708. The van der Waals surface area contributed by atoms with Gasteiger partial charge in [0.1, 0.15) is 6.04 Å². The highest BCUT2D eigenvalue weighted by Gasteiger charge is 2.34. The van der Waals surface area contributed by atoms with Crippen LogP contribution >= 0.6 is 0 Å². The molecule has 2 unspecified atom stereocenters. The van der Waals surface area contributed by atoms with Gasteiger partial charge >= 0.3 is 0 Å². The topological polar surface area (TPSA) is 65.8 Å². The average Bonchev–Trinajstić information content (AvgIpc) is 2.31. The molecule has 0 spiro atoms. The SMILES string of the molecule is CC1=NC2N=CNC(=O)C2N1. The van der Waals surface area contributed by atoms with Crippen molar-refractivity contribution in [1.29, 1.82) is 0 Å². The van der Waals surface area contributed by atoms with Gasteiger partial charge in [-0.1, -0.05) is 0 Å². The Morgan fingerprint density at radius 2 is 2.45 bits per heavy atom. The first-order valence-corrected chi connectivity index (χ1v) is 3.40. The quantitative estimate of drug-likeness (QED) is 0.461. The fourth-order valence-electron chi connectivity index (χ4n) is 1.20. The number of rotatable bonds is 0. The van der Waals surface area contributed by atoms with Gasteiger partial charge in [0.25, 0.3) is 5.91 Å². The number of amides is 1. The summed E-state index contributed by atoms with van der Waals surface area (Å²) >= 11 is 0. The van der Waals surface area contributed by atoms with E-state index in [-0.39, 0.29) is 18.1 Å². The van der Waals surface area contributed by atoms with Crippen molar-refractivity contribution in [1.82, 2.24) is 10.6 Å². The second-order valence-electron chi connectivity index (χ2n) is 2.54. The molecule has 0 aromatic rings. The number of nitrogens with one attached hydrogen (secondary N) is 2. The minimum absolute atomic E-state index is 0.0643. The summed E-state index contributed by atoms with van der Waals surface area (Å²) in [6.45, 7) is 1.82. The van der Waals surface area contributed by atoms with Gasteiger partial charge in [-0.05, 0) is 6.92 Å². The number of amidine groups is 1. The molecule has 5 nitrogen and oxygen atoms in total. The van der Waals surface area contributed by atoms with Crippen LogP contribution in [0.2, 0.25) is 0 Å². The Morgan fingerprint density at radius 1 is 1.64 bits per heavy atom. The third kappa shape index (κ3) is 0.886. The van der Waals surface area contributed by atoms with Gasteiger partial charge < -0.3 is 10.6 Å². The van der Waals surface area contributed by atoms with Crippen LogP contribution in [0, 0.1) is 0 Å². The summed E-state index contributed by atoms with van der Waals surface area (Å²) in [5.41, 5.74) is 0. The fourth-order valence-corrected chi connectivity index (χ4v) is 1.20. The van der Waals surface area contributed by atoms with Gasteiger partial charge in [-0.2, -0.15) is 0 Å². The van der Waals surface area contributed by atoms with Gasteiger partial charge in [-0.25, -0.2) is 9.98 Å². The number of hydrogen-bond acceptors (Lipinski definition) is 4. The summed E-state index contributed by atoms with van der Waals surface area (Å²) in [4.78, 5) is 19.2. The smallest absolute Gasteiger partial charge is 0.251 e. The molecular formula is C6H8N4O. The number of carbonyl (C=O) groups is 1. The first-order chi connectivity index (χ1) is 5.27. The number of nitrogens with zero attached hydrogens (tertiary/aromatic N) is 2. The van der Waals surface area contributed by atoms with E-state index in [9.17, 15) is 4.79 Å². The third-order valence-corrected chi connectivity index (χ3v) is 1.70. The molecule has 2 aliphatic heterocycles. The van der Waals surface area contributed by atoms with E-state index in [1.54, 1.807) is 0 Å². The highest BCUT2D eigenvalue weighted by molar-refractivity contribution is 5.98. The van der Waals surface area contributed by atoms with Crippen LogP contribution in [0.1, 0.15) is 6.92 Å². The molecule has 0 radical (unpaired) electrons. The van der Waals surface area contributed by atoms with Crippen molar-refractivity contribution in [3.63, 3.8) is 0 Å². The second kappa shape index (κ2) is 2.05. The molecule has 0 bridgehead atoms. The number of hydrogen-bond donors (Lipinski definition) is 2. The zero-order valence-electron chi connectivity index (χ0n) is 6.03. The Balaban J connectivity index is 2.27. The molecule has 2 atom stereocenters. The van der Waals surface area contributed by atoms with Crippen molar-refractivity contribution in [2.45, 2.75) is 19.1 Å². The molecular weight excluding hydrogens is 144 g/mol. The maximum atomic E-state index is 11.1. The lowest BCUT2D eigenvalue weighted by molar-refractivity contribution is -0.121. The molecule has 1 amide bonds. The lowest BCUT2D eigenvalue weighted by Gasteiger charge is -2.17. The van der Waals surface area contributed by atoms with Gasteiger partial charge in [0, 0.05) is 0 Å². The van der Waals surface area contributed by atoms with Crippen LogP contribution in [0.4, 0.5) is 0 Å². The molecule has 2 heterocycles. The predicted octanol–water partition coefficient (Wildman–Crippen LogP) is -1.14. The largest absolute Gasteiger partial charge is 0.359 e. The molecule has 5 heteroatoms. The highest BCUT2D eigenvalue weighted by atomic mass is 16.2. The monoisotopic (exact) mass is 152 g/mol. The van der Waals surface area contributed by atoms with E-state index in [0.717, 1.165) is 5.84 Å². The standard InChI is InChI=1S/C6H8N4O/c1-3-9-4-5(10-3)7-2-8-6(4)11/h2,4-5H,1H3,(H,9,10)(H,7,8,11). The minimum atomic E-state index is -0.292. The highest BCUT2D eigenvalue weighted by Crippen LogP contribution is 2.10. The summed E-state index contributed by atoms with van der Waals surface area (Å²) in [5, 5.41) is 5.44. The Morgan fingerprint density at radius 3 is 3.18 bits per heavy atom. The maximum Gasteiger partial charge on any atom is 0.251 e. The van der Waals surface area contributed by atoms with Crippen molar-refractivity contribution in [2.24, 2.45) is 9.98 Å². The molecule has 0 aliphatic carbocycles. The van der Waals surface area contributed by atoms with Crippen LogP contribution in [0.3, 0.4) is 0 Å². The molecule has 2 aliphatic rings. The molecule has 2 N–H and O–H groups in total. The molecule has 58 valence electrons. The number of fused-ring (bicyclic) bond motifs is 1. The Hall–Kier alpha value is -1.39. The van der Waals surface area contributed by atoms with Gasteiger partial charge in [0.2, 0.25) is 0 Å². The normalized spacial score (nSPS) is 33.9. The molecule has 0 aromatic heterocycles. The number of aliphatic imine (C=N–C) groups is 2. The van der Waals surface area contributed by atoms with Crippen LogP contribution in [0.5, 0.6) is 0 Å². The zero-order valence-corrected chi connectivity index (χ0v) is 6.03. The van der Waals surface area contributed by atoms with Crippen molar-refractivity contribution >= 4 is 18.1 Å². The van der Waals surface area contributed by atoms with E-state index in [1.807, 2.05) is 6.92 Å². The van der Waals surface area contributed by atoms with Crippen LogP contribution in [0.15, 0.2) is 9.98 Å². The Kier molecular flexibility index (Phi) is 1.18. The minimum Gasteiger partial charge on any atom is -0.359 e. The second-order valence-corrected chi connectivity index (χ2v) is 2.54. The van der Waals surface area contributed by atoms with E-state index in [0.29, 0.717) is 0 Å². The van der Waals surface area contributed by atoms with Crippen molar-refractivity contribution in [3.05, 3.63) is 0 Å². The van der Waals surface area contributed by atoms with Crippen LogP contribution in [0.25, 0.3) is 0 Å². The van der Waals surface area contributed by atoms with E-state index in [1.165, 1.54) is 6.34 Å². The van der Waals surface area contributed by atoms with E-state index in [2.05, 4.69) is 20.6 Å². The van der Waals surface area contributed by atoms with Crippen LogP contribution in [-0.2, 0) is 4.79 Å². The van der Waals surface area contributed by atoms with Crippen LogP contribution < -0.4 is 10.6 Å². The molecule has 0 saturated heterocycles. The summed E-state index contributed by atoms with van der Waals surface area (Å²) in [7, 11) is 0. The lowest BCUT2D eigenvalue weighted by Crippen LogP contribution is -2.49. The predicted molar refractivity (Wildman–Crippen MR) is 40.5 cm³/mol. The lowest BCUT2D eigenvalue weighted by atomic mass is 10.2. The third-order valence-electron chi connectivity index (χ3n) is 1.70.